The molecule has 10 heteroatoms. The van der Waals surface area contributed by atoms with Crippen molar-refractivity contribution in [3.63, 3.8) is 0 Å². The number of carbonyl (C=O) groups excluding carboxylic acids is 3. The first-order valence-electron chi connectivity index (χ1n) is 10.7. The van der Waals surface area contributed by atoms with Crippen LogP contribution in [-0.2, 0) is 16.2 Å². The Labute approximate surface area is 209 Å². The van der Waals surface area contributed by atoms with Gasteiger partial charge in [0.1, 0.15) is 24.8 Å². The van der Waals surface area contributed by atoms with Crippen molar-refractivity contribution in [2.45, 2.75) is 6.61 Å². The SMILES string of the molecule is COc1cc(/C=C2/SC(=O)N(CC(=O)Nc3cccc(F)c3)C2=O)ccc1OCc1cccc(F)c1. The quantitative estimate of drug-likeness (QED) is 0.418. The van der Waals surface area contributed by atoms with Crippen LogP contribution in [0.2, 0.25) is 0 Å². The summed E-state index contributed by atoms with van der Waals surface area (Å²) < 4.78 is 37.8. The Morgan fingerprint density at radius 2 is 1.75 bits per heavy atom. The third-order valence-corrected chi connectivity index (χ3v) is 5.96. The number of ether oxygens (including phenoxy) is 2. The van der Waals surface area contributed by atoms with Crippen LogP contribution in [0, 0.1) is 11.6 Å². The Morgan fingerprint density at radius 3 is 2.47 bits per heavy atom. The summed E-state index contributed by atoms with van der Waals surface area (Å²) in [4.78, 5) is 38.4. The second-order valence-corrected chi connectivity index (χ2v) is 8.65. The van der Waals surface area contributed by atoms with Gasteiger partial charge < -0.3 is 14.8 Å². The van der Waals surface area contributed by atoms with Gasteiger partial charge in [-0.1, -0.05) is 24.3 Å². The maximum absolute atomic E-state index is 13.4. The fourth-order valence-corrected chi connectivity index (χ4v) is 4.22. The lowest BCUT2D eigenvalue weighted by molar-refractivity contribution is -0.127. The number of carbonyl (C=O) groups is 3. The molecule has 0 aliphatic carbocycles. The van der Waals surface area contributed by atoms with E-state index < -0.39 is 29.4 Å². The number of nitrogens with one attached hydrogen (secondary N) is 1. The number of nitrogens with zero attached hydrogens (tertiary/aromatic N) is 1. The number of benzene rings is 3. The molecule has 3 amide bonds. The van der Waals surface area contributed by atoms with E-state index in [1.54, 1.807) is 30.3 Å². The molecule has 36 heavy (non-hydrogen) atoms. The standard InChI is InChI=1S/C26H20F2N2O5S/c1-34-22-11-16(8-9-21(22)35-15-17-4-2-5-18(27)10-17)12-23-25(32)30(26(33)36-23)14-24(31)29-20-7-3-6-19(28)13-20/h2-13H,14-15H2,1H3,(H,29,31)/b23-12+. The van der Waals surface area contributed by atoms with Gasteiger partial charge in [0, 0.05) is 5.69 Å². The van der Waals surface area contributed by atoms with Crippen LogP contribution in [0.5, 0.6) is 11.5 Å². The molecule has 1 aliphatic heterocycles. The summed E-state index contributed by atoms with van der Waals surface area (Å²) >= 11 is 0.705. The summed E-state index contributed by atoms with van der Waals surface area (Å²) in [7, 11) is 1.46. The van der Waals surface area contributed by atoms with Gasteiger partial charge >= 0.3 is 0 Å². The summed E-state index contributed by atoms with van der Waals surface area (Å²) in [6, 6.07) is 16.3. The predicted octanol–water partition coefficient (Wildman–Crippen LogP) is 5.23. The smallest absolute Gasteiger partial charge is 0.294 e. The molecule has 1 fully saturated rings. The number of methoxy groups -OCH3 is 1. The zero-order chi connectivity index (χ0) is 25.7. The van der Waals surface area contributed by atoms with E-state index in [-0.39, 0.29) is 23.0 Å². The highest BCUT2D eigenvalue weighted by atomic mass is 32.2. The Hall–Kier alpha value is -4.18. The maximum Gasteiger partial charge on any atom is 0.294 e. The zero-order valence-electron chi connectivity index (χ0n) is 19.0. The largest absolute Gasteiger partial charge is 0.493 e. The van der Waals surface area contributed by atoms with E-state index in [0.29, 0.717) is 34.4 Å². The molecule has 1 saturated heterocycles. The zero-order valence-corrected chi connectivity index (χ0v) is 19.8. The van der Waals surface area contributed by atoms with Gasteiger partial charge in [0.2, 0.25) is 5.91 Å². The van der Waals surface area contributed by atoms with E-state index in [9.17, 15) is 23.2 Å². The minimum absolute atomic E-state index is 0.129. The van der Waals surface area contributed by atoms with Gasteiger partial charge in [-0.2, -0.15) is 0 Å². The number of thioether (sulfide) groups is 1. The lowest BCUT2D eigenvalue weighted by Gasteiger charge is -2.12. The predicted molar refractivity (Wildman–Crippen MR) is 131 cm³/mol. The van der Waals surface area contributed by atoms with E-state index in [2.05, 4.69) is 5.32 Å². The van der Waals surface area contributed by atoms with Crippen LogP contribution in [0.15, 0.2) is 71.6 Å². The van der Waals surface area contributed by atoms with Crippen molar-refractivity contribution < 1.29 is 32.6 Å². The Bertz CT molecular complexity index is 1360. The summed E-state index contributed by atoms with van der Waals surface area (Å²) in [5.74, 6) is -1.34. The summed E-state index contributed by atoms with van der Waals surface area (Å²) in [5.41, 5.74) is 1.44. The van der Waals surface area contributed by atoms with Gasteiger partial charge in [-0.3, -0.25) is 19.3 Å². The molecule has 0 unspecified atom stereocenters. The normalized spacial score (nSPS) is 14.3. The lowest BCUT2D eigenvalue weighted by Crippen LogP contribution is -2.36. The van der Waals surface area contributed by atoms with Crippen molar-refractivity contribution in [3.8, 4) is 11.5 Å². The van der Waals surface area contributed by atoms with Crippen LogP contribution in [0.25, 0.3) is 6.08 Å². The van der Waals surface area contributed by atoms with Crippen molar-refractivity contribution >= 4 is 40.6 Å². The molecule has 1 aliphatic rings. The maximum atomic E-state index is 13.4. The van der Waals surface area contributed by atoms with Crippen molar-refractivity contribution in [1.29, 1.82) is 0 Å². The summed E-state index contributed by atoms with van der Waals surface area (Å²) in [5, 5.41) is 1.86. The molecule has 0 saturated carbocycles. The van der Waals surface area contributed by atoms with Crippen molar-refractivity contribution in [2.24, 2.45) is 0 Å². The van der Waals surface area contributed by atoms with Gasteiger partial charge in [0.15, 0.2) is 11.5 Å². The average Bonchev–Trinajstić information content (AvgIpc) is 3.10. The van der Waals surface area contributed by atoms with Crippen molar-refractivity contribution in [2.75, 3.05) is 19.0 Å². The van der Waals surface area contributed by atoms with Gasteiger partial charge in [-0.15, -0.1) is 0 Å². The van der Waals surface area contributed by atoms with Crippen LogP contribution in [0.1, 0.15) is 11.1 Å². The highest BCUT2D eigenvalue weighted by Gasteiger charge is 2.36. The van der Waals surface area contributed by atoms with E-state index >= 15 is 0 Å². The third kappa shape index (κ3) is 6.08. The minimum atomic E-state index is -0.634. The van der Waals surface area contributed by atoms with Gasteiger partial charge in [-0.25, -0.2) is 8.78 Å². The number of hydrogen-bond acceptors (Lipinski definition) is 6. The average molecular weight is 511 g/mol. The van der Waals surface area contributed by atoms with Crippen LogP contribution in [0.3, 0.4) is 0 Å². The van der Waals surface area contributed by atoms with Crippen LogP contribution >= 0.6 is 11.8 Å². The van der Waals surface area contributed by atoms with Gasteiger partial charge in [0.25, 0.3) is 11.1 Å². The Kier molecular flexibility index (Phi) is 7.65. The molecule has 4 rings (SSSR count). The number of rotatable bonds is 8. The summed E-state index contributed by atoms with van der Waals surface area (Å²) in [6.45, 7) is -0.376. The Morgan fingerprint density at radius 1 is 1.00 bits per heavy atom. The number of amides is 3. The number of hydrogen-bond donors (Lipinski definition) is 1. The molecule has 184 valence electrons. The molecule has 0 atom stereocenters. The van der Waals surface area contributed by atoms with E-state index in [1.165, 1.54) is 43.5 Å². The number of imide groups is 1. The van der Waals surface area contributed by atoms with Gasteiger partial charge in [-0.05, 0) is 71.4 Å². The van der Waals surface area contributed by atoms with Crippen molar-refractivity contribution in [3.05, 3.63) is 94.4 Å². The second-order valence-electron chi connectivity index (χ2n) is 7.66. The first-order valence-corrected chi connectivity index (χ1v) is 11.5. The molecule has 0 spiro atoms. The van der Waals surface area contributed by atoms with Crippen LogP contribution < -0.4 is 14.8 Å². The molecule has 3 aromatic carbocycles. The topological polar surface area (TPSA) is 84.9 Å². The van der Waals surface area contributed by atoms with Crippen molar-refractivity contribution in [1.82, 2.24) is 4.90 Å². The minimum Gasteiger partial charge on any atom is -0.493 e. The molecule has 7 nitrogen and oxygen atoms in total. The molecular weight excluding hydrogens is 490 g/mol. The fourth-order valence-electron chi connectivity index (χ4n) is 3.38. The van der Waals surface area contributed by atoms with Gasteiger partial charge in [0.05, 0.1) is 12.0 Å². The fraction of sp³-hybridized carbons (Fsp3) is 0.115. The molecule has 1 N–H and O–H groups in total. The molecular formula is C26H20F2N2O5S. The Balaban J connectivity index is 1.43. The number of halogens is 2. The first-order chi connectivity index (χ1) is 17.3. The van der Waals surface area contributed by atoms with E-state index in [1.807, 2.05) is 0 Å². The molecule has 0 radical (unpaired) electrons. The highest BCUT2D eigenvalue weighted by molar-refractivity contribution is 8.18. The monoisotopic (exact) mass is 510 g/mol. The van der Waals surface area contributed by atoms with Crippen LogP contribution in [-0.4, -0.2) is 35.6 Å². The van der Waals surface area contributed by atoms with E-state index in [4.69, 9.17) is 9.47 Å². The third-order valence-electron chi connectivity index (χ3n) is 5.05. The van der Waals surface area contributed by atoms with E-state index in [0.717, 1.165) is 11.0 Å². The summed E-state index contributed by atoms with van der Waals surface area (Å²) in [6.07, 6.45) is 1.51. The second kappa shape index (κ2) is 11.0. The number of anilines is 1. The molecule has 3 aromatic rings. The highest BCUT2D eigenvalue weighted by Crippen LogP contribution is 2.34. The molecule has 1 heterocycles. The lowest BCUT2D eigenvalue weighted by atomic mass is 10.1. The van der Waals surface area contributed by atoms with Crippen LogP contribution in [0.4, 0.5) is 19.3 Å². The molecule has 0 bridgehead atoms. The first kappa shape index (κ1) is 24.9. The molecule has 0 aromatic heterocycles.